The first kappa shape index (κ1) is 16.1. The zero-order valence-electron chi connectivity index (χ0n) is 10.7. The first-order valence-corrected chi connectivity index (χ1v) is 5.31. The molecule has 0 aliphatic carbocycles. The summed E-state index contributed by atoms with van der Waals surface area (Å²) in [6.07, 6.45) is 3.39. The molecule has 15 heavy (non-hydrogen) atoms. The molecular weight excluding hydrogens is 188 g/mol. The Morgan fingerprint density at radius 3 is 2.20 bits per heavy atom. The third kappa shape index (κ3) is 5.15. The molecule has 86 valence electrons. The van der Waals surface area contributed by atoms with Crippen LogP contribution in [0.3, 0.4) is 0 Å². The molecule has 3 heteroatoms. The van der Waals surface area contributed by atoms with Gasteiger partial charge in [-0.3, -0.25) is 4.99 Å². The van der Waals surface area contributed by atoms with E-state index in [1.807, 2.05) is 34.6 Å². The molecule has 1 rings (SSSR count). The van der Waals surface area contributed by atoms with Gasteiger partial charge in [0, 0.05) is 7.05 Å². The Balaban J connectivity index is 0. The lowest BCUT2D eigenvalue weighted by Crippen LogP contribution is -2.06. The van der Waals surface area contributed by atoms with Crippen molar-refractivity contribution >= 4 is 11.4 Å². The Hall–Kier alpha value is -1.38. The maximum absolute atomic E-state index is 4.96. The van der Waals surface area contributed by atoms with Gasteiger partial charge in [0.1, 0.15) is 11.4 Å². The lowest BCUT2D eigenvalue weighted by molar-refractivity contribution is 0.259. The summed E-state index contributed by atoms with van der Waals surface area (Å²) in [6.45, 7) is 13.4. The molecule has 1 aliphatic rings. The van der Waals surface area contributed by atoms with E-state index >= 15 is 0 Å². The second-order valence-electron chi connectivity index (χ2n) is 2.11. The Bertz CT molecular complexity index is 263. The maximum Gasteiger partial charge on any atom is 0.185 e. The van der Waals surface area contributed by atoms with Gasteiger partial charge in [0.05, 0.1) is 0 Å². The van der Waals surface area contributed by atoms with Crippen molar-refractivity contribution in [1.29, 1.82) is 0 Å². The van der Waals surface area contributed by atoms with Gasteiger partial charge >= 0.3 is 0 Å². The van der Waals surface area contributed by atoms with Crippen molar-refractivity contribution in [2.75, 3.05) is 7.05 Å². The quantitative estimate of drug-likeness (QED) is 0.651. The van der Waals surface area contributed by atoms with Gasteiger partial charge < -0.3 is 4.84 Å². The van der Waals surface area contributed by atoms with Crippen LogP contribution in [0.2, 0.25) is 0 Å². The van der Waals surface area contributed by atoms with Gasteiger partial charge in [-0.05, 0) is 13.0 Å². The molecule has 0 saturated heterocycles. The normalized spacial score (nSPS) is 18.1. The average Bonchev–Trinajstić information content (AvgIpc) is 2.65. The molecule has 0 bridgehead atoms. The van der Waals surface area contributed by atoms with Crippen LogP contribution in [0.15, 0.2) is 34.6 Å². The van der Waals surface area contributed by atoms with Gasteiger partial charge in [0.2, 0.25) is 0 Å². The molecule has 0 unspecified atom stereocenters. The Morgan fingerprint density at radius 2 is 1.80 bits per heavy atom. The summed E-state index contributed by atoms with van der Waals surface area (Å²) in [6, 6.07) is 0. The smallest absolute Gasteiger partial charge is 0.185 e. The minimum Gasteiger partial charge on any atom is -0.354 e. The molecule has 0 saturated carbocycles. The summed E-state index contributed by atoms with van der Waals surface area (Å²) >= 11 is 0. The van der Waals surface area contributed by atoms with E-state index in [9.17, 15) is 0 Å². The highest BCUT2D eigenvalue weighted by atomic mass is 16.6. The van der Waals surface area contributed by atoms with Crippen molar-refractivity contribution in [3.8, 4) is 0 Å². The van der Waals surface area contributed by atoms with Crippen molar-refractivity contribution in [1.82, 2.24) is 0 Å². The summed E-state index contributed by atoms with van der Waals surface area (Å²) in [4.78, 5) is 8.97. The zero-order valence-corrected chi connectivity index (χ0v) is 10.7. The first-order valence-electron chi connectivity index (χ1n) is 5.31. The molecule has 0 aromatic heterocycles. The zero-order chi connectivity index (χ0) is 12.3. The van der Waals surface area contributed by atoms with Crippen LogP contribution in [0.4, 0.5) is 0 Å². The highest BCUT2D eigenvalue weighted by molar-refractivity contribution is 6.48. The van der Waals surface area contributed by atoms with Crippen molar-refractivity contribution in [3.05, 3.63) is 24.5 Å². The molecule has 0 N–H and O–H groups in total. The topological polar surface area (TPSA) is 34.0 Å². The molecule has 1 heterocycles. The van der Waals surface area contributed by atoms with E-state index < -0.39 is 0 Å². The van der Waals surface area contributed by atoms with Gasteiger partial charge in [-0.25, -0.2) is 0 Å². The standard InChI is InChI=1S/C8H10N2O.2C2H6/c1-4-5-7-8(9-3)6(2)10-11-7;2*1-2/h4-5H,1H2,2-3H3;2*1-2H3/b7-5+,9-8?;;. The Kier molecular flexibility index (Phi) is 11.5. The fraction of sp³-hybridized carbons (Fsp3) is 0.500. The minimum atomic E-state index is 0.667. The largest absolute Gasteiger partial charge is 0.354 e. The van der Waals surface area contributed by atoms with Crippen molar-refractivity contribution in [2.45, 2.75) is 34.6 Å². The lowest BCUT2D eigenvalue weighted by Gasteiger charge is -1.93. The number of rotatable bonds is 1. The SMILES string of the molecule is C=C/C=C1/ON=C(C)C1=NC.CC.CC. The van der Waals surface area contributed by atoms with E-state index in [0.717, 1.165) is 11.4 Å². The molecule has 1 aliphatic heterocycles. The lowest BCUT2D eigenvalue weighted by atomic mass is 10.2. The molecule has 0 aromatic rings. The first-order chi connectivity index (χ1) is 7.29. The van der Waals surface area contributed by atoms with Gasteiger partial charge in [0.15, 0.2) is 5.76 Å². The monoisotopic (exact) mass is 210 g/mol. The number of allylic oxidation sites excluding steroid dienone is 3. The van der Waals surface area contributed by atoms with Crippen LogP contribution in [0.25, 0.3) is 0 Å². The third-order valence-electron chi connectivity index (χ3n) is 1.35. The van der Waals surface area contributed by atoms with E-state index in [1.54, 1.807) is 19.2 Å². The van der Waals surface area contributed by atoms with Crippen molar-refractivity contribution in [3.63, 3.8) is 0 Å². The Morgan fingerprint density at radius 1 is 1.27 bits per heavy atom. The molecule has 0 amide bonds. The van der Waals surface area contributed by atoms with Crippen LogP contribution < -0.4 is 0 Å². The summed E-state index contributed by atoms with van der Waals surface area (Å²) in [7, 11) is 1.71. The second kappa shape index (κ2) is 10.7. The number of aliphatic imine (C=N–C) groups is 1. The van der Waals surface area contributed by atoms with Crippen LogP contribution in [-0.4, -0.2) is 18.5 Å². The fourth-order valence-corrected chi connectivity index (χ4v) is 0.871. The van der Waals surface area contributed by atoms with Crippen LogP contribution >= 0.6 is 0 Å². The van der Waals surface area contributed by atoms with Crippen LogP contribution in [0.1, 0.15) is 34.6 Å². The van der Waals surface area contributed by atoms with E-state index in [4.69, 9.17) is 4.84 Å². The molecule has 3 nitrogen and oxygen atoms in total. The van der Waals surface area contributed by atoms with E-state index in [-0.39, 0.29) is 0 Å². The fourth-order valence-electron chi connectivity index (χ4n) is 0.871. The number of hydrogen-bond acceptors (Lipinski definition) is 3. The van der Waals surface area contributed by atoms with Crippen LogP contribution in [0, 0.1) is 0 Å². The van der Waals surface area contributed by atoms with E-state index in [0.29, 0.717) is 5.76 Å². The number of oxime groups is 1. The summed E-state index contributed by atoms with van der Waals surface area (Å²) in [5.74, 6) is 0.667. The van der Waals surface area contributed by atoms with Gasteiger partial charge in [-0.2, -0.15) is 0 Å². The molecule has 0 radical (unpaired) electrons. The maximum atomic E-state index is 4.96. The van der Waals surface area contributed by atoms with Gasteiger partial charge in [-0.15, -0.1) is 0 Å². The minimum absolute atomic E-state index is 0.667. The third-order valence-corrected chi connectivity index (χ3v) is 1.35. The van der Waals surface area contributed by atoms with Crippen LogP contribution in [0.5, 0.6) is 0 Å². The van der Waals surface area contributed by atoms with Crippen molar-refractivity contribution in [2.24, 2.45) is 10.1 Å². The van der Waals surface area contributed by atoms with Crippen LogP contribution in [-0.2, 0) is 4.84 Å². The summed E-state index contributed by atoms with van der Waals surface area (Å²) in [5.41, 5.74) is 1.60. The van der Waals surface area contributed by atoms with E-state index in [2.05, 4.69) is 16.7 Å². The van der Waals surface area contributed by atoms with E-state index in [1.165, 1.54) is 0 Å². The number of hydrogen-bond donors (Lipinski definition) is 0. The van der Waals surface area contributed by atoms with Crippen molar-refractivity contribution < 1.29 is 4.84 Å². The average molecular weight is 210 g/mol. The predicted molar refractivity (Wildman–Crippen MR) is 68.5 cm³/mol. The molecule has 0 atom stereocenters. The van der Waals surface area contributed by atoms with Gasteiger partial charge in [0.25, 0.3) is 0 Å². The summed E-state index contributed by atoms with van der Waals surface area (Å²) in [5, 5.41) is 3.76. The second-order valence-corrected chi connectivity index (χ2v) is 2.11. The highest BCUT2D eigenvalue weighted by Crippen LogP contribution is 2.11. The predicted octanol–water partition coefficient (Wildman–Crippen LogP) is 3.59. The molecule has 0 spiro atoms. The highest BCUT2D eigenvalue weighted by Gasteiger charge is 2.17. The molecule has 0 aromatic carbocycles. The summed E-state index contributed by atoms with van der Waals surface area (Å²) < 4.78 is 0. The van der Waals surface area contributed by atoms with Gasteiger partial charge in [-0.1, -0.05) is 45.5 Å². The molecular formula is C12H22N2O. The number of nitrogens with zero attached hydrogens (tertiary/aromatic N) is 2. The molecule has 0 fully saturated rings. The Labute approximate surface area is 93.2 Å².